The second-order valence-corrected chi connectivity index (χ2v) is 20.6. The standard InChI is InChI=1S/C24H25ClN2O4S.C22H21ClN2O4S/c1-5-24(28,18-12-14-27(29)15-13-18)21-16-19(25)8-11-22(21)26-32(30,31)20-9-6-17(7-10-20)23(2,3)4;1-22(2,3)16-4-7-18(8-5-16)30(28,29)24-20-9-6-17(23)14-19(20)21(26)15-10-12-25(27)13-11-15/h5-16,26,28H,1H2,2-4H3;4-14,24H,1-3H3. The van der Waals surface area contributed by atoms with E-state index in [2.05, 4.69) is 16.0 Å². The molecule has 6 rings (SSSR count). The van der Waals surface area contributed by atoms with Crippen LogP contribution in [0.1, 0.15) is 79.7 Å². The number of nitrogens with one attached hydrogen (secondary N) is 2. The summed E-state index contributed by atoms with van der Waals surface area (Å²) in [5.41, 5.74) is 1.05. The van der Waals surface area contributed by atoms with Crippen LogP contribution in [-0.4, -0.2) is 27.7 Å². The number of halogens is 2. The maximum absolute atomic E-state index is 13.1. The first-order chi connectivity index (χ1) is 28.8. The molecule has 16 heteroatoms. The normalized spacial score (nSPS) is 12.9. The molecule has 0 aliphatic rings. The van der Waals surface area contributed by atoms with E-state index >= 15 is 0 Å². The minimum absolute atomic E-state index is 0.0796. The first-order valence-corrected chi connectivity index (χ1v) is 22.7. The van der Waals surface area contributed by atoms with E-state index in [-0.39, 0.29) is 53.7 Å². The van der Waals surface area contributed by atoms with Crippen molar-refractivity contribution in [1.82, 2.24) is 0 Å². The lowest BCUT2D eigenvalue weighted by Gasteiger charge is -2.28. The Bertz CT molecular complexity index is 2810. The number of benzene rings is 4. The zero-order chi connectivity index (χ0) is 45.8. The second-order valence-electron chi connectivity index (χ2n) is 16.3. The van der Waals surface area contributed by atoms with Crippen LogP contribution in [0.25, 0.3) is 0 Å². The van der Waals surface area contributed by atoms with Crippen LogP contribution in [0.5, 0.6) is 0 Å². The van der Waals surface area contributed by atoms with Gasteiger partial charge in [0.1, 0.15) is 5.60 Å². The molecule has 12 nitrogen and oxygen atoms in total. The highest BCUT2D eigenvalue weighted by molar-refractivity contribution is 7.93. The van der Waals surface area contributed by atoms with Crippen LogP contribution in [0.2, 0.25) is 10.0 Å². The number of aromatic nitrogens is 2. The monoisotopic (exact) mass is 916 g/mol. The van der Waals surface area contributed by atoms with E-state index in [1.165, 1.54) is 104 Å². The molecular formula is C46H46Cl2N4O8S2. The molecule has 1 unspecified atom stereocenters. The molecule has 0 aliphatic heterocycles. The van der Waals surface area contributed by atoms with Gasteiger partial charge in [0, 0.05) is 56.6 Å². The molecule has 3 N–H and O–H groups in total. The molecule has 0 saturated heterocycles. The van der Waals surface area contributed by atoms with Gasteiger partial charge in [0.25, 0.3) is 20.0 Å². The molecule has 2 heterocycles. The molecule has 6 aromatic rings. The van der Waals surface area contributed by atoms with Crippen molar-refractivity contribution in [2.24, 2.45) is 0 Å². The Morgan fingerprint density at radius 2 is 1.02 bits per heavy atom. The van der Waals surface area contributed by atoms with Gasteiger partial charge in [0.15, 0.2) is 30.6 Å². The lowest BCUT2D eigenvalue weighted by molar-refractivity contribution is -0.605. The number of nitrogens with zero attached hydrogens (tertiary/aromatic N) is 2. The molecule has 0 bridgehead atoms. The van der Waals surface area contributed by atoms with E-state index in [0.717, 1.165) is 11.1 Å². The van der Waals surface area contributed by atoms with Crippen molar-refractivity contribution in [3.8, 4) is 0 Å². The molecule has 0 amide bonds. The Kier molecular flexibility index (Phi) is 14.0. The zero-order valence-electron chi connectivity index (χ0n) is 34.8. The molecule has 2 aromatic heterocycles. The summed E-state index contributed by atoms with van der Waals surface area (Å²) in [5.74, 6) is -0.459. The van der Waals surface area contributed by atoms with Crippen LogP contribution >= 0.6 is 23.2 Å². The molecule has 62 heavy (non-hydrogen) atoms. The topological polar surface area (TPSA) is 184 Å². The number of carbonyl (C=O) groups is 1. The molecule has 0 fully saturated rings. The van der Waals surface area contributed by atoms with E-state index in [1.54, 1.807) is 36.4 Å². The van der Waals surface area contributed by atoms with Gasteiger partial charge in [0.05, 0.1) is 21.2 Å². The Labute approximate surface area is 372 Å². The average molecular weight is 918 g/mol. The summed E-state index contributed by atoms with van der Waals surface area (Å²) >= 11 is 12.2. The molecule has 0 aliphatic carbocycles. The van der Waals surface area contributed by atoms with E-state index in [9.17, 15) is 37.2 Å². The minimum atomic E-state index is -3.96. The Hall–Kier alpha value is -5.77. The molecule has 0 saturated carbocycles. The third-order valence-corrected chi connectivity index (χ3v) is 13.0. The number of ketones is 1. The van der Waals surface area contributed by atoms with Crippen LogP contribution in [-0.2, 0) is 36.5 Å². The van der Waals surface area contributed by atoms with Gasteiger partial charge < -0.3 is 15.5 Å². The predicted octanol–water partition coefficient (Wildman–Crippen LogP) is 8.80. The maximum Gasteiger partial charge on any atom is 0.261 e. The number of sulfonamides is 2. The van der Waals surface area contributed by atoms with E-state index in [1.807, 2.05) is 41.5 Å². The summed E-state index contributed by atoms with van der Waals surface area (Å²) in [6.45, 7) is 16.0. The average Bonchev–Trinajstić information content (AvgIpc) is 3.21. The van der Waals surface area contributed by atoms with E-state index < -0.39 is 31.4 Å². The first kappa shape index (κ1) is 47.3. The summed E-state index contributed by atoms with van der Waals surface area (Å²) in [6, 6.07) is 27.6. The fourth-order valence-electron chi connectivity index (χ4n) is 6.16. The highest BCUT2D eigenvalue weighted by atomic mass is 35.5. The molecule has 1 atom stereocenters. The Balaban J connectivity index is 0.000000235. The summed E-state index contributed by atoms with van der Waals surface area (Å²) in [5, 5.41) is 34.7. The number of pyridine rings is 2. The quantitative estimate of drug-likeness (QED) is 0.0499. The van der Waals surface area contributed by atoms with Gasteiger partial charge in [-0.15, -0.1) is 0 Å². The molecule has 0 spiro atoms. The Morgan fingerprint density at radius 1 is 0.613 bits per heavy atom. The lowest BCUT2D eigenvalue weighted by Crippen LogP contribution is -2.30. The van der Waals surface area contributed by atoms with E-state index in [0.29, 0.717) is 20.0 Å². The number of rotatable bonds is 11. The van der Waals surface area contributed by atoms with E-state index in [4.69, 9.17) is 23.2 Å². The fourth-order valence-corrected chi connectivity index (χ4v) is 8.66. The number of carbonyl (C=O) groups excluding carboxylic acids is 1. The van der Waals surface area contributed by atoms with Crippen molar-refractivity contribution in [3.05, 3.63) is 200 Å². The first-order valence-electron chi connectivity index (χ1n) is 19.0. The third-order valence-electron chi connectivity index (χ3n) is 9.77. The second kappa shape index (κ2) is 18.3. The van der Waals surface area contributed by atoms with Gasteiger partial charge in [-0.05, 0) is 82.6 Å². The predicted molar refractivity (Wildman–Crippen MR) is 242 cm³/mol. The Morgan fingerprint density at radius 3 is 1.45 bits per heavy atom. The highest BCUT2D eigenvalue weighted by Crippen LogP contribution is 2.38. The van der Waals surface area contributed by atoms with Crippen molar-refractivity contribution in [2.75, 3.05) is 9.44 Å². The zero-order valence-corrected chi connectivity index (χ0v) is 37.9. The van der Waals surface area contributed by atoms with Gasteiger partial charge in [-0.3, -0.25) is 14.2 Å². The number of anilines is 2. The van der Waals surface area contributed by atoms with Crippen molar-refractivity contribution < 1.29 is 36.2 Å². The molecular weight excluding hydrogens is 872 g/mol. The maximum atomic E-state index is 13.1. The number of hydrogen-bond donors (Lipinski definition) is 3. The highest BCUT2D eigenvalue weighted by Gasteiger charge is 2.33. The van der Waals surface area contributed by atoms with Crippen molar-refractivity contribution in [2.45, 2.75) is 67.8 Å². The van der Waals surface area contributed by atoms with Gasteiger partial charge in [0.2, 0.25) is 0 Å². The number of aliphatic hydroxyl groups is 1. The van der Waals surface area contributed by atoms with Gasteiger partial charge in [-0.25, -0.2) is 16.8 Å². The molecule has 4 aromatic carbocycles. The summed E-state index contributed by atoms with van der Waals surface area (Å²) in [7, 11) is -7.89. The molecule has 324 valence electrons. The lowest BCUT2D eigenvalue weighted by atomic mass is 9.86. The van der Waals surface area contributed by atoms with Crippen LogP contribution in [0, 0.1) is 10.4 Å². The van der Waals surface area contributed by atoms with Crippen molar-refractivity contribution >= 4 is 60.4 Å². The summed E-state index contributed by atoms with van der Waals surface area (Å²) in [4.78, 5) is 13.1. The summed E-state index contributed by atoms with van der Waals surface area (Å²) in [6.07, 6.45) is 6.11. The van der Waals surface area contributed by atoms with Crippen LogP contribution in [0.4, 0.5) is 11.4 Å². The smallest absolute Gasteiger partial charge is 0.261 e. The van der Waals surface area contributed by atoms with Crippen molar-refractivity contribution in [3.63, 3.8) is 0 Å². The fraction of sp³-hybridized carbons (Fsp3) is 0.196. The SMILES string of the molecule is C=CC(O)(c1cc[n+]([O-])cc1)c1cc(Cl)ccc1NS(=O)(=O)c1ccc(C(C)(C)C)cc1.CC(C)(C)c1ccc(S(=O)(=O)Nc2ccc(Cl)cc2C(=O)c2cc[n+]([O-])cc2)cc1. The number of hydrogen-bond acceptors (Lipinski definition) is 8. The van der Waals surface area contributed by atoms with Crippen LogP contribution in [0.3, 0.4) is 0 Å². The van der Waals surface area contributed by atoms with Gasteiger partial charge in [-0.2, -0.15) is 9.46 Å². The largest absolute Gasteiger partial charge is 0.619 e. The third kappa shape index (κ3) is 11.2. The molecule has 0 radical (unpaired) electrons. The minimum Gasteiger partial charge on any atom is -0.619 e. The van der Waals surface area contributed by atoms with Gasteiger partial charge in [-0.1, -0.05) is 102 Å². The summed E-state index contributed by atoms with van der Waals surface area (Å²) < 4.78 is 58.2. The van der Waals surface area contributed by atoms with Gasteiger partial charge >= 0.3 is 0 Å². The van der Waals surface area contributed by atoms with Crippen molar-refractivity contribution in [1.29, 1.82) is 0 Å². The van der Waals surface area contributed by atoms with Crippen LogP contribution < -0.4 is 18.9 Å². The van der Waals surface area contributed by atoms with Crippen LogP contribution in [0.15, 0.2) is 156 Å².